The molecule has 1 atom stereocenters. The zero-order valence-corrected chi connectivity index (χ0v) is 11.4. The van der Waals surface area contributed by atoms with Crippen molar-refractivity contribution in [1.82, 2.24) is 5.32 Å². The molecule has 0 heterocycles. The highest BCUT2D eigenvalue weighted by atomic mass is 14.9. The van der Waals surface area contributed by atoms with Crippen LogP contribution in [-0.4, -0.2) is 6.54 Å². The summed E-state index contributed by atoms with van der Waals surface area (Å²) in [4.78, 5) is 0. The molecule has 1 aliphatic carbocycles. The molecule has 1 aliphatic rings. The van der Waals surface area contributed by atoms with Crippen LogP contribution in [0.1, 0.15) is 56.3 Å². The van der Waals surface area contributed by atoms with Gasteiger partial charge in [0.15, 0.2) is 0 Å². The molecule has 1 heteroatoms. The summed E-state index contributed by atoms with van der Waals surface area (Å²) in [5.41, 5.74) is 4.65. The third-order valence-electron chi connectivity index (χ3n) is 3.76. The zero-order valence-electron chi connectivity index (χ0n) is 11.4. The molecule has 0 aliphatic heterocycles. The smallest absolute Gasteiger partial charge is 0.0343 e. The Morgan fingerprint density at radius 1 is 1.18 bits per heavy atom. The van der Waals surface area contributed by atoms with Crippen LogP contribution in [0.2, 0.25) is 0 Å². The average Bonchev–Trinajstić information content (AvgIpc) is 2.76. The van der Waals surface area contributed by atoms with Crippen LogP contribution in [-0.2, 0) is 12.8 Å². The van der Waals surface area contributed by atoms with Crippen molar-refractivity contribution in [3.8, 4) is 0 Å². The molecule has 1 N–H and O–H groups in total. The Balaban J connectivity index is 2.17. The fourth-order valence-corrected chi connectivity index (χ4v) is 2.82. The first-order valence-corrected chi connectivity index (χ1v) is 7.07. The van der Waals surface area contributed by atoms with E-state index >= 15 is 0 Å². The van der Waals surface area contributed by atoms with E-state index < -0.39 is 0 Å². The second kappa shape index (κ2) is 5.68. The quantitative estimate of drug-likeness (QED) is 0.811. The summed E-state index contributed by atoms with van der Waals surface area (Å²) in [5.74, 6) is 0.654. The Bertz CT molecular complexity index is 368. The maximum absolute atomic E-state index is 3.68. The maximum atomic E-state index is 3.68. The first-order valence-electron chi connectivity index (χ1n) is 7.07. The topological polar surface area (TPSA) is 12.0 Å². The molecule has 0 radical (unpaired) electrons. The molecule has 1 aromatic carbocycles. The number of aryl methyl sites for hydroxylation is 2. The van der Waals surface area contributed by atoms with Crippen molar-refractivity contribution >= 4 is 0 Å². The van der Waals surface area contributed by atoms with E-state index in [2.05, 4.69) is 44.3 Å². The Kier molecular flexibility index (Phi) is 4.22. The van der Waals surface area contributed by atoms with Gasteiger partial charge in [0, 0.05) is 6.04 Å². The van der Waals surface area contributed by atoms with Crippen molar-refractivity contribution in [2.75, 3.05) is 6.54 Å². The predicted octanol–water partition coefficient (Wildman–Crippen LogP) is 3.87. The first-order chi connectivity index (χ1) is 8.22. The number of rotatable bonds is 5. The van der Waals surface area contributed by atoms with Gasteiger partial charge >= 0.3 is 0 Å². The molecular formula is C16H25N. The Morgan fingerprint density at radius 2 is 1.94 bits per heavy atom. The lowest BCUT2D eigenvalue weighted by Gasteiger charge is -2.23. The molecule has 0 spiro atoms. The van der Waals surface area contributed by atoms with E-state index in [1.54, 1.807) is 11.1 Å². The normalized spacial score (nSPS) is 16.2. The molecule has 2 rings (SSSR count). The standard InChI is InChI=1S/C16H25N/c1-4-10-17-16(12(2)3)15-9-8-13-6-5-7-14(13)11-15/h8-9,11-12,16-17H,4-7,10H2,1-3H3. The summed E-state index contributed by atoms with van der Waals surface area (Å²) in [5, 5.41) is 3.68. The van der Waals surface area contributed by atoms with Crippen LogP contribution in [0.5, 0.6) is 0 Å². The van der Waals surface area contributed by atoms with Crippen molar-refractivity contribution in [2.45, 2.75) is 52.5 Å². The van der Waals surface area contributed by atoms with Gasteiger partial charge in [0.1, 0.15) is 0 Å². The second-order valence-electron chi connectivity index (χ2n) is 5.56. The van der Waals surface area contributed by atoms with Gasteiger partial charge in [0.05, 0.1) is 0 Å². The molecule has 94 valence electrons. The van der Waals surface area contributed by atoms with Crippen LogP contribution in [0.25, 0.3) is 0 Å². The van der Waals surface area contributed by atoms with Crippen LogP contribution >= 0.6 is 0 Å². The highest BCUT2D eigenvalue weighted by molar-refractivity contribution is 5.36. The maximum Gasteiger partial charge on any atom is 0.0343 e. The number of hydrogen-bond donors (Lipinski definition) is 1. The van der Waals surface area contributed by atoms with Gasteiger partial charge in [-0.05, 0) is 54.8 Å². The minimum absolute atomic E-state index is 0.515. The lowest BCUT2D eigenvalue weighted by Crippen LogP contribution is -2.26. The van der Waals surface area contributed by atoms with Gasteiger partial charge in [-0.15, -0.1) is 0 Å². The van der Waals surface area contributed by atoms with E-state index in [4.69, 9.17) is 0 Å². The third kappa shape index (κ3) is 2.90. The van der Waals surface area contributed by atoms with Crippen LogP contribution < -0.4 is 5.32 Å². The van der Waals surface area contributed by atoms with E-state index in [1.807, 2.05) is 0 Å². The number of benzene rings is 1. The second-order valence-corrected chi connectivity index (χ2v) is 5.56. The van der Waals surface area contributed by atoms with Gasteiger partial charge in [-0.25, -0.2) is 0 Å². The SMILES string of the molecule is CCCNC(c1ccc2c(c1)CCC2)C(C)C. The van der Waals surface area contributed by atoms with Gasteiger partial charge in [0.25, 0.3) is 0 Å². The summed E-state index contributed by atoms with van der Waals surface area (Å²) < 4.78 is 0. The molecular weight excluding hydrogens is 206 g/mol. The number of nitrogens with one attached hydrogen (secondary N) is 1. The van der Waals surface area contributed by atoms with E-state index in [0.717, 1.165) is 6.54 Å². The molecule has 17 heavy (non-hydrogen) atoms. The molecule has 0 saturated heterocycles. The van der Waals surface area contributed by atoms with Crippen LogP contribution in [0.4, 0.5) is 0 Å². The monoisotopic (exact) mass is 231 g/mol. The summed E-state index contributed by atoms with van der Waals surface area (Å²) in [7, 11) is 0. The molecule has 0 saturated carbocycles. The lowest BCUT2D eigenvalue weighted by atomic mass is 9.93. The summed E-state index contributed by atoms with van der Waals surface area (Å²) in [6.45, 7) is 7.95. The van der Waals surface area contributed by atoms with Crippen molar-refractivity contribution in [2.24, 2.45) is 5.92 Å². The van der Waals surface area contributed by atoms with Gasteiger partial charge in [-0.1, -0.05) is 39.0 Å². The van der Waals surface area contributed by atoms with E-state index in [1.165, 1.54) is 31.2 Å². The van der Waals surface area contributed by atoms with Gasteiger partial charge in [-0.3, -0.25) is 0 Å². The zero-order chi connectivity index (χ0) is 12.3. The van der Waals surface area contributed by atoms with Gasteiger partial charge in [-0.2, -0.15) is 0 Å². The summed E-state index contributed by atoms with van der Waals surface area (Å²) >= 11 is 0. The van der Waals surface area contributed by atoms with E-state index in [9.17, 15) is 0 Å². The molecule has 0 aromatic heterocycles. The van der Waals surface area contributed by atoms with Crippen molar-refractivity contribution in [3.05, 3.63) is 34.9 Å². The fraction of sp³-hybridized carbons (Fsp3) is 0.625. The minimum atomic E-state index is 0.515. The Hall–Kier alpha value is -0.820. The van der Waals surface area contributed by atoms with Crippen molar-refractivity contribution < 1.29 is 0 Å². The van der Waals surface area contributed by atoms with Crippen LogP contribution in [0, 0.1) is 5.92 Å². The number of hydrogen-bond acceptors (Lipinski definition) is 1. The van der Waals surface area contributed by atoms with Gasteiger partial charge < -0.3 is 5.32 Å². The summed E-state index contributed by atoms with van der Waals surface area (Å²) in [6.07, 6.45) is 5.10. The van der Waals surface area contributed by atoms with Crippen LogP contribution in [0.3, 0.4) is 0 Å². The van der Waals surface area contributed by atoms with Crippen molar-refractivity contribution in [1.29, 1.82) is 0 Å². The predicted molar refractivity (Wildman–Crippen MR) is 74.3 cm³/mol. The van der Waals surface area contributed by atoms with E-state index in [-0.39, 0.29) is 0 Å². The largest absolute Gasteiger partial charge is 0.310 e. The third-order valence-corrected chi connectivity index (χ3v) is 3.76. The highest BCUT2D eigenvalue weighted by Gasteiger charge is 2.17. The molecule has 1 aromatic rings. The highest BCUT2D eigenvalue weighted by Crippen LogP contribution is 2.28. The van der Waals surface area contributed by atoms with E-state index in [0.29, 0.717) is 12.0 Å². The summed E-state index contributed by atoms with van der Waals surface area (Å²) in [6, 6.07) is 7.63. The molecule has 0 fully saturated rings. The average molecular weight is 231 g/mol. The molecule has 0 amide bonds. The fourth-order valence-electron chi connectivity index (χ4n) is 2.82. The van der Waals surface area contributed by atoms with Gasteiger partial charge in [0.2, 0.25) is 0 Å². The first kappa shape index (κ1) is 12.6. The Morgan fingerprint density at radius 3 is 2.65 bits per heavy atom. The van der Waals surface area contributed by atoms with Crippen LogP contribution in [0.15, 0.2) is 18.2 Å². The minimum Gasteiger partial charge on any atom is -0.310 e. The lowest BCUT2D eigenvalue weighted by molar-refractivity contribution is 0.412. The number of fused-ring (bicyclic) bond motifs is 1. The molecule has 0 bridgehead atoms. The molecule has 1 nitrogen and oxygen atoms in total. The van der Waals surface area contributed by atoms with Crippen molar-refractivity contribution in [3.63, 3.8) is 0 Å². The Labute approximate surface area is 106 Å². The molecule has 1 unspecified atom stereocenters.